The van der Waals surface area contributed by atoms with Crippen molar-refractivity contribution in [1.82, 2.24) is 5.32 Å². The molecule has 0 bridgehead atoms. The molecule has 1 aromatic carbocycles. The van der Waals surface area contributed by atoms with Gasteiger partial charge in [0.2, 0.25) is 0 Å². The van der Waals surface area contributed by atoms with Gasteiger partial charge in [-0.05, 0) is 36.8 Å². The molecule has 86 valence electrons. The van der Waals surface area contributed by atoms with Crippen molar-refractivity contribution in [3.8, 4) is 0 Å². The quantitative estimate of drug-likeness (QED) is 0.842. The van der Waals surface area contributed by atoms with Crippen LogP contribution in [0.25, 0.3) is 5.70 Å². The molecule has 2 aliphatic heterocycles. The van der Waals surface area contributed by atoms with Crippen LogP contribution in [0.15, 0.2) is 51.6 Å². The molecule has 1 aromatic rings. The number of allylic oxidation sites excluding steroid dienone is 1. The molecule has 0 aromatic heterocycles. The van der Waals surface area contributed by atoms with E-state index in [1.54, 1.807) is 0 Å². The van der Waals surface area contributed by atoms with Gasteiger partial charge >= 0.3 is 0 Å². The van der Waals surface area contributed by atoms with Crippen molar-refractivity contribution in [2.45, 2.75) is 6.92 Å². The Morgan fingerprint density at radius 2 is 2.06 bits per heavy atom. The van der Waals surface area contributed by atoms with Crippen LogP contribution in [0.1, 0.15) is 12.5 Å². The molecular weight excluding hydrogens is 276 g/mol. The number of dihydropyridines is 1. The molecule has 0 amide bonds. The lowest BCUT2D eigenvalue weighted by molar-refractivity contribution is 0.526. The van der Waals surface area contributed by atoms with Crippen LogP contribution >= 0.6 is 15.9 Å². The Morgan fingerprint density at radius 3 is 2.76 bits per heavy atom. The van der Waals surface area contributed by atoms with Gasteiger partial charge in [-0.25, -0.2) is 0 Å². The van der Waals surface area contributed by atoms with Gasteiger partial charge in [0.05, 0.1) is 6.54 Å². The van der Waals surface area contributed by atoms with E-state index in [0.29, 0.717) is 0 Å². The average Bonchev–Trinajstić information content (AvgIpc) is 2.67. The summed E-state index contributed by atoms with van der Waals surface area (Å²) in [5, 5.41) is 3.48. The van der Waals surface area contributed by atoms with Crippen molar-refractivity contribution < 1.29 is 0 Å². The zero-order valence-corrected chi connectivity index (χ0v) is 11.2. The largest absolute Gasteiger partial charge is 0.358 e. The third-order valence-corrected chi connectivity index (χ3v) is 3.80. The van der Waals surface area contributed by atoms with Gasteiger partial charge in [-0.15, -0.1) is 0 Å². The van der Waals surface area contributed by atoms with Gasteiger partial charge in [-0.1, -0.05) is 28.1 Å². The molecule has 2 heterocycles. The number of nitrogens with zero attached hydrogens (tertiary/aromatic N) is 1. The summed E-state index contributed by atoms with van der Waals surface area (Å²) in [6.45, 7) is 3.04. The van der Waals surface area contributed by atoms with Crippen LogP contribution in [0.3, 0.4) is 0 Å². The number of rotatable bonds is 1. The molecule has 0 aliphatic carbocycles. The molecule has 1 unspecified atom stereocenters. The maximum atomic E-state index is 4.34. The number of fused-ring (bicyclic) bond motifs is 1. The summed E-state index contributed by atoms with van der Waals surface area (Å²) >= 11 is 3.45. The first-order chi connectivity index (χ1) is 8.17. The van der Waals surface area contributed by atoms with Crippen LogP contribution < -0.4 is 5.32 Å². The van der Waals surface area contributed by atoms with Crippen LogP contribution in [0.4, 0.5) is 0 Å². The molecule has 0 radical (unpaired) electrons. The van der Waals surface area contributed by atoms with Crippen molar-refractivity contribution >= 4 is 27.8 Å². The lowest BCUT2D eigenvalue weighted by atomic mass is 9.87. The van der Waals surface area contributed by atoms with E-state index in [2.05, 4.69) is 69.6 Å². The molecule has 0 saturated carbocycles. The highest BCUT2D eigenvalue weighted by molar-refractivity contribution is 9.10. The second kappa shape index (κ2) is 3.84. The maximum Gasteiger partial charge on any atom is 0.0533 e. The fourth-order valence-electron chi connectivity index (χ4n) is 2.24. The summed E-state index contributed by atoms with van der Waals surface area (Å²) in [6, 6.07) is 8.36. The number of hydrogen-bond acceptors (Lipinski definition) is 2. The molecule has 0 spiro atoms. The highest BCUT2D eigenvalue weighted by Gasteiger charge is 2.34. The number of halogens is 1. The van der Waals surface area contributed by atoms with Crippen molar-refractivity contribution in [3.05, 3.63) is 52.2 Å². The van der Waals surface area contributed by atoms with Crippen LogP contribution in [0.2, 0.25) is 0 Å². The third-order valence-electron chi connectivity index (χ3n) is 3.27. The standard InChI is InChI=1S/C14H13BrN2/c1-14-8-12(10-2-4-11(15)5-3-10)17-13(14)6-7-16-9-14/h2-8,17H,9H2,1H3. The fourth-order valence-corrected chi connectivity index (χ4v) is 2.50. The molecule has 3 rings (SSSR count). The molecule has 0 fully saturated rings. The summed E-state index contributed by atoms with van der Waals surface area (Å²) in [4.78, 5) is 4.34. The molecule has 2 aliphatic rings. The molecule has 17 heavy (non-hydrogen) atoms. The highest BCUT2D eigenvalue weighted by Crippen LogP contribution is 2.38. The monoisotopic (exact) mass is 288 g/mol. The topological polar surface area (TPSA) is 24.4 Å². The van der Waals surface area contributed by atoms with Crippen LogP contribution in [-0.4, -0.2) is 12.8 Å². The number of benzene rings is 1. The first-order valence-corrected chi connectivity index (χ1v) is 6.43. The third kappa shape index (κ3) is 1.84. The fraction of sp³-hybridized carbons (Fsp3) is 0.214. The van der Waals surface area contributed by atoms with Gasteiger partial charge in [0, 0.05) is 27.5 Å². The van der Waals surface area contributed by atoms with E-state index >= 15 is 0 Å². The maximum absolute atomic E-state index is 4.34. The summed E-state index contributed by atoms with van der Waals surface area (Å²) in [5.74, 6) is 0. The lowest BCUT2D eigenvalue weighted by Crippen LogP contribution is -2.24. The SMILES string of the molecule is CC12C=C(c3ccc(Br)cc3)NC1=CC=NC2. The molecular formula is C14H13BrN2. The van der Waals surface area contributed by atoms with E-state index in [4.69, 9.17) is 0 Å². The minimum atomic E-state index is 0.0388. The van der Waals surface area contributed by atoms with Crippen molar-refractivity contribution in [2.24, 2.45) is 10.4 Å². The Kier molecular flexibility index (Phi) is 2.44. The predicted octanol–water partition coefficient (Wildman–Crippen LogP) is 3.37. The van der Waals surface area contributed by atoms with Crippen LogP contribution in [-0.2, 0) is 0 Å². The summed E-state index contributed by atoms with van der Waals surface area (Å²) in [7, 11) is 0. The predicted molar refractivity (Wildman–Crippen MR) is 74.8 cm³/mol. The van der Waals surface area contributed by atoms with E-state index < -0.39 is 0 Å². The zero-order chi connectivity index (χ0) is 11.9. The Balaban J connectivity index is 1.97. The minimum absolute atomic E-state index is 0.0388. The van der Waals surface area contributed by atoms with Crippen LogP contribution in [0.5, 0.6) is 0 Å². The minimum Gasteiger partial charge on any atom is -0.358 e. The second-order valence-corrected chi connectivity index (χ2v) is 5.59. The van der Waals surface area contributed by atoms with Crippen molar-refractivity contribution in [2.75, 3.05) is 6.54 Å². The van der Waals surface area contributed by atoms with Gasteiger partial charge in [0.1, 0.15) is 0 Å². The number of aliphatic imine (C=N–C) groups is 1. The van der Waals surface area contributed by atoms with E-state index in [-0.39, 0.29) is 5.41 Å². The van der Waals surface area contributed by atoms with E-state index in [9.17, 15) is 0 Å². The molecule has 1 atom stereocenters. The number of nitrogens with one attached hydrogen (secondary N) is 1. The average molecular weight is 289 g/mol. The summed E-state index contributed by atoms with van der Waals surface area (Å²) in [6.07, 6.45) is 6.22. The first kappa shape index (κ1) is 10.8. The normalized spacial score (nSPS) is 26.0. The van der Waals surface area contributed by atoms with Crippen molar-refractivity contribution in [1.29, 1.82) is 0 Å². The number of hydrogen-bond donors (Lipinski definition) is 1. The van der Waals surface area contributed by atoms with Gasteiger partial charge in [-0.2, -0.15) is 0 Å². The second-order valence-electron chi connectivity index (χ2n) is 4.68. The zero-order valence-electron chi connectivity index (χ0n) is 9.57. The lowest BCUT2D eigenvalue weighted by Gasteiger charge is -2.23. The Labute approximate surface area is 109 Å². The van der Waals surface area contributed by atoms with Gasteiger partial charge < -0.3 is 5.32 Å². The molecule has 1 N–H and O–H groups in total. The van der Waals surface area contributed by atoms with Gasteiger partial charge in [0.25, 0.3) is 0 Å². The Bertz CT molecular complexity index is 540. The molecule has 0 saturated heterocycles. The summed E-state index contributed by atoms with van der Waals surface area (Å²) in [5.41, 5.74) is 3.67. The van der Waals surface area contributed by atoms with E-state index in [0.717, 1.165) is 11.0 Å². The first-order valence-electron chi connectivity index (χ1n) is 5.64. The summed E-state index contributed by atoms with van der Waals surface area (Å²) < 4.78 is 1.10. The van der Waals surface area contributed by atoms with Gasteiger partial charge in [-0.3, -0.25) is 4.99 Å². The van der Waals surface area contributed by atoms with E-state index in [1.165, 1.54) is 17.0 Å². The molecule has 2 nitrogen and oxygen atoms in total. The van der Waals surface area contributed by atoms with E-state index in [1.807, 2.05) is 6.21 Å². The van der Waals surface area contributed by atoms with Crippen molar-refractivity contribution in [3.63, 3.8) is 0 Å². The highest BCUT2D eigenvalue weighted by atomic mass is 79.9. The Morgan fingerprint density at radius 1 is 1.29 bits per heavy atom. The van der Waals surface area contributed by atoms with Crippen LogP contribution in [0, 0.1) is 5.41 Å². The van der Waals surface area contributed by atoms with Gasteiger partial charge in [0.15, 0.2) is 0 Å². The molecule has 3 heteroatoms. The Hall–Kier alpha value is -1.35. The smallest absolute Gasteiger partial charge is 0.0533 e.